The first-order valence-electron chi connectivity index (χ1n) is 6.48. The SMILES string of the molecule is CC1CNCC(CN(C)C)N1c1ccccc1Br. The van der Waals surface area contributed by atoms with Gasteiger partial charge in [-0.15, -0.1) is 0 Å². The highest BCUT2D eigenvalue weighted by molar-refractivity contribution is 9.10. The Balaban J connectivity index is 2.27. The number of nitrogens with zero attached hydrogens (tertiary/aromatic N) is 2. The van der Waals surface area contributed by atoms with Crippen LogP contribution < -0.4 is 10.2 Å². The van der Waals surface area contributed by atoms with Crippen molar-refractivity contribution in [2.75, 3.05) is 38.6 Å². The van der Waals surface area contributed by atoms with Crippen molar-refractivity contribution >= 4 is 21.6 Å². The molecule has 1 heterocycles. The Morgan fingerprint density at radius 2 is 2.06 bits per heavy atom. The molecule has 0 aliphatic carbocycles. The van der Waals surface area contributed by atoms with Gasteiger partial charge in [0, 0.05) is 30.1 Å². The van der Waals surface area contributed by atoms with Crippen LogP contribution in [-0.2, 0) is 0 Å². The standard InChI is InChI=1S/C14H22BrN3/c1-11-8-16-9-12(10-17(2)3)18(11)14-7-5-4-6-13(14)15/h4-7,11-12,16H,8-10H2,1-3H3. The molecule has 0 spiro atoms. The van der Waals surface area contributed by atoms with Crippen LogP contribution in [0.2, 0.25) is 0 Å². The maximum atomic E-state index is 3.68. The quantitative estimate of drug-likeness (QED) is 0.923. The number of benzene rings is 1. The predicted octanol–water partition coefficient (Wildman–Crippen LogP) is 2.18. The average Bonchev–Trinajstić information content (AvgIpc) is 2.30. The maximum absolute atomic E-state index is 3.68. The molecule has 1 aromatic carbocycles. The zero-order valence-electron chi connectivity index (χ0n) is 11.4. The maximum Gasteiger partial charge on any atom is 0.0545 e. The van der Waals surface area contributed by atoms with Gasteiger partial charge in [-0.3, -0.25) is 0 Å². The molecule has 2 unspecified atom stereocenters. The Labute approximate surface area is 118 Å². The van der Waals surface area contributed by atoms with Gasteiger partial charge in [0.2, 0.25) is 0 Å². The van der Waals surface area contributed by atoms with Crippen LogP contribution in [0.1, 0.15) is 6.92 Å². The van der Waals surface area contributed by atoms with E-state index in [9.17, 15) is 0 Å². The summed E-state index contributed by atoms with van der Waals surface area (Å²) in [5.74, 6) is 0. The van der Waals surface area contributed by atoms with E-state index in [4.69, 9.17) is 0 Å². The van der Waals surface area contributed by atoms with Gasteiger partial charge in [0.05, 0.1) is 11.7 Å². The van der Waals surface area contributed by atoms with E-state index in [-0.39, 0.29) is 0 Å². The molecule has 0 aromatic heterocycles. The molecule has 1 N–H and O–H groups in total. The van der Waals surface area contributed by atoms with Crippen LogP contribution in [0.3, 0.4) is 0 Å². The third-order valence-electron chi connectivity index (χ3n) is 3.39. The number of halogens is 1. The molecule has 100 valence electrons. The fourth-order valence-electron chi connectivity index (χ4n) is 2.68. The van der Waals surface area contributed by atoms with E-state index in [1.54, 1.807) is 0 Å². The van der Waals surface area contributed by atoms with Crippen molar-refractivity contribution in [1.82, 2.24) is 10.2 Å². The normalized spacial score (nSPS) is 24.6. The van der Waals surface area contributed by atoms with Crippen LogP contribution in [0.5, 0.6) is 0 Å². The minimum Gasteiger partial charge on any atom is -0.361 e. The van der Waals surface area contributed by atoms with Gasteiger partial charge in [-0.1, -0.05) is 12.1 Å². The van der Waals surface area contributed by atoms with Crippen LogP contribution in [0.15, 0.2) is 28.7 Å². The van der Waals surface area contributed by atoms with Crippen molar-refractivity contribution < 1.29 is 0 Å². The first kappa shape index (κ1) is 13.8. The van der Waals surface area contributed by atoms with E-state index in [1.807, 2.05) is 0 Å². The van der Waals surface area contributed by atoms with Crippen LogP contribution in [0.25, 0.3) is 0 Å². The first-order valence-corrected chi connectivity index (χ1v) is 7.27. The smallest absolute Gasteiger partial charge is 0.0545 e. The number of anilines is 1. The minimum absolute atomic E-state index is 0.516. The number of piperazine rings is 1. The number of hydrogen-bond acceptors (Lipinski definition) is 3. The predicted molar refractivity (Wildman–Crippen MR) is 81.3 cm³/mol. The van der Waals surface area contributed by atoms with Gasteiger partial charge in [-0.25, -0.2) is 0 Å². The first-order chi connectivity index (χ1) is 8.59. The second kappa shape index (κ2) is 6.04. The van der Waals surface area contributed by atoms with Gasteiger partial charge < -0.3 is 15.1 Å². The van der Waals surface area contributed by atoms with Crippen LogP contribution >= 0.6 is 15.9 Å². The molecule has 0 amide bonds. The lowest BCUT2D eigenvalue weighted by atomic mass is 10.1. The highest BCUT2D eigenvalue weighted by Crippen LogP contribution is 2.30. The highest BCUT2D eigenvalue weighted by atomic mass is 79.9. The number of para-hydroxylation sites is 1. The monoisotopic (exact) mass is 311 g/mol. The highest BCUT2D eigenvalue weighted by Gasteiger charge is 2.29. The van der Waals surface area contributed by atoms with Gasteiger partial charge in [0.15, 0.2) is 0 Å². The van der Waals surface area contributed by atoms with Crippen molar-refractivity contribution in [2.24, 2.45) is 0 Å². The topological polar surface area (TPSA) is 18.5 Å². The van der Waals surface area contributed by atoms with Gasteiger partial charge in [0.1, 0.15) is 0 Å². The van der Waals surface area contributed by atoms with Crippen molar-refractivity contribution in [3.05, 3.63) is 28.7 Å². The van der Waals surface area contributed by atoms with E-state index < -0.39 is 0 Å². The summed E-state index contributed by atoms with van der Waals surface area (Å²) in [5.41, 5.74) is 1.30. The molecule has 1 saturated heterocycles. The molecule has 3 nitrogen and oxygen atoms in total. The molecule has 1 aliphatic rings. The van der Waals surface area contributed by atoms with Crippen molar-refractivity contribution in [3.8, 4) is 0 Å². The minimum atomic E-state index is 0.516. The number of hydrogen-bond donors (Lipinski definition) is 1. The van der Waals surface area contributed by atoms with Crippen LogP contribution in [0, 0.1) is 0 Å². The fraction of sp³-hybridized carbons (Fsp3) is 0.571. The summed E-state index contributed by atoms with van der Waals surface area (Å²) in [6.07, 6.45) is 0. The van der Waals surface area contributed by atoms with Gasteiger partial charge >= 0.3 is 0 Å². The second-order valence-corrected chi connectivity index (χ2v) is 6.14. The third-order valence-corrected chi connectivity index (χ3v) is 4.07. The Hall–Kier alpha value is -0.580. The molecule has 2 rings (SSSR count). The van der Waals surface area contributed by atoms with Gasteiger partial charge in [-0.05, 0) is 49.1 Å². The summed E-state index contributed by atoms with van der Waals surface area (Å²) < 4.78 is 1.18. The molecule has 2 atom stereocenters. The second-order valence-electron chi connectivity index (χ2n) is 5.28. The molecule has 0 radical (unpaired) electrons. The molecular formula is C14H22BrN3. The van der Waals surface area contributed by atoms with Crippen molar-refractivity contribution in [1.29, 1.82) is 0 Å². The van der Waals surface area contributed by atoms with E-state index in [0.29, 0.717) is 12.1 Å². The number of likely N-dealkylation sites (N-methyl/N-ethyl adjacent to an activating group) is 1. The summed E-state index contributed by atoms with van der Waals surface area (Å²) in [4.78, 5) is 4.80. The summed E-state index contributed by atoms with van der Waals surface area (Å²) in [5, 5.41) is 3.53. The fourth-order valence-corrected chi connectivity index (χ4v) is 3.17. The molecule has 1 aliphatic heterocycles. The largest absolute Gasteiger partial charge is 0.361 e. The van der Waals surface area contributed by atoms with E-state index in [1.165, 1.54) is 10.2 Å². The number of nitrogens with one attached hydrogen (secondary N) is 1. The Morgan fingerprint density at radius 3 is 2.72 bits per heavy atom. The van der Waals surface area contributed by atoms with Crippen molar-refractivity contribution in [2.45, 2.75) is 19.0 Å². The number of rotatable bonds is 3. The molecule has 0 bridgehead atoms. The Bertz CT molecular complexity index is 394. The molecule has 1 fully saturated rings. The average molecular weight is 312 g/mol. The Kier molecular flexibility index (Phi) is 4.65. The summed E-state index contributed by atoms with van der Waals surface area (Å²) in [7, 11) is 4.27. The van der Waals surface area contributed by atoms with Crippen molar-refractivity contribution in [3.63, 3.8) is 0 Å². The molecule has 1 aromatic rings. The lowest BCUT2D eigenvalue weighted by Gasteiger charge is -2.44. The summed E-state index contributed by atoms with van der Waals surface area (Å²) in [6, 6.07) is 9.54. The third kappa shape index (κ3) is 3.05. The Morgan fingerprint density at radius 1 is 1.33 bits per heavy atom. The molecule has 4 heteroatoms. The van der Waals surface area contributed by atoms with Crippen LogP contribution in [0.4, 0.5) is 5.69 Å². The van der Waals surface area contributed by atoms with Gasteiger partial charge in [-0.2, -0.15) is 0 Å². The molecule has 18 heavy (non-hydrogen) atoms. The zero-order chi connectivity index (χ0) is 13.1. The lowest BCUT2D eigenvalue weighted by molar-refractivity contribution is 0.316. The summed E-state index contributed by atoms with van der Waals surface area (Å²) in [6.45, 7) is 5.45. The molecule has 0 saturated carbocycles. The zero-order valence-corrected chi connectivity index (χ0v) is 12.9. The summed E-state index contributed by atoms with van der Waals surface area (Å²) >= 11 is 3.68. The van der Waals surface area contributed by atoms with Crippen LogP contribution in [-0.4, -0.2) is 50.7 Å². The lowest BCUT2D eigenvalue weighted by Crippen LogP contribution is -2.59. The van der Waals surface area contributed by atoms with E-state index >= 15 is 0 Å². The van der Waals surface area contributed by atoms with E-state index in [2.05, 4.69) is 76.3 Å². The molecular weight excluding hydrogens is 290 g/mol. The van der Waals surface area contributed by atoms with E-state index in [0.717, 1.165) is 19.6 Å². The van der Waals surface area contributed by atoms with Gasteiger partial charge in [0.25, 0.3) is 0 Å².